The molecule has 0 spiro atoms. The fourth-order valence-corrected chi connectivity index (χ4v) is 5.26. The number of ether oxygens (including phenoxy) is 1. The first-order chi connectivity index (χ1) is 19.8. The van der Waals surface area contributed by atoms with Gasteiger partial charge in [0.25, 0.3) is 5.91 Å². The van der Waals surface area contributed by atoms with Gasteiger partial charge in [-0.05, 0) is 43.9 Å². The van der Waals surface area contributed by atoms with E-state index in [9.17, 15) is 29.1 Å². The van der Waals surface area contributed by atoms with E-state index in [1.54, 1.807) is 13.0 Å². The van der Waals surface area contributed by atoms with E-state index in [1.807, 2.05) is 36.4 Å². The molecular formula is C30H36N4O7. The molecule has 3 amide bonds. The number of ketones is 1. The maximum absolute atomic E-state index is 13.6. The van der Waals surface area contributed by atoms with Crippen molar-refractivity contribution in [1.29, 1.82) is 0 Å². The number of carboxylic acids is 1. The minimum atomic E-state index is -1.10. The first-order valence-corrected chi connectivity index (χ1v) is 14.1. The van der Waals surface area contributed by atoms with E-state index in [2.05, 4.69) is 10.3 Å². The number of piperazine rings is 1. The van der Waals surface area contributed by atoms with Gasteiger partial charge in [0.1, 0.15) is 17.5 Å². The van der Waals surface area contributed by atoms with E-state index in [0.29, 0.717) is 24.1 Å². The second-order valence-electron chi connectivity index (χ2n) is 10.3. The number of amides is 3. The van der Waals surface area contributed by atoms with Crippen LogP contribution in [-0.4, -0.2) is 88.4 Å². The molecule has 1 aromatic carbocycles. The van der Waals surface area contributed by atoms with Gasteiger partial charge in [-0.2, -0.15) is 0 Å². The smallest absolute Gasteiger partial charge is 0.409 e. The summed E-state index contributed by atoms with van der Waals surface area (Å²) in [6.45, 7) is 2.96. The molecule has 0 bridgehead atoms. The summed E-state index contributed by atoms with van der Waals surface area (Å²) in [4.78, 5) is 70.7. The lowest BCUT2D eigenvalue weighted by atomic mass is 9.82. The van der Waals surface area contributed by atoms with Gasteiger partial charge in [-0.1, -0.05) is 36.8 Å². The predicted octanol–water partition coefficient (Wildman–Crippen LogP) is 3.24. The van der Waals surface area contributed by atoms with E-state index in [4.69, 9.17) is 4.74 Å². The third-order valence-corrected chi connectivity index (χ3v) is 7.47. The van der Waals surface area contributed by atoms with Crippen molar-refractivity contribution in [2.45, 2.75) is 57.4 Å². The highest BCUT2D eigenvalue weighted by Crippen LogP contribution is 2.32. The van der Waals surface area contributed by atoms with Gasteiger partial charge < -0.3 is 25.0 Å². The summed E-state index contributed by atoms with van der Waals surface area (Å²) >= 11 is 0. The van der Waals surface area contributed by atoms with Crippen LogP contribution in [0, 0.1) is 0 Å². The number of benzene rings is 1. The number of pyridine rings is 1. The van der Waals surface area contributed by atoms with Crippen LogP contribution in [0.4, 0.5) is 4.79 Å². The van der Waals surface area contributed by atoms with Crippen LogP contribution >= 0.6 is 0 Å². The van der Waals surface area contributed by atoms with Gasteiger partial charge >= 0.3 is 12.1 Å². The zero-order chi connectivity index (χ0) is 29.4. The summed E-state index contributed by atoms with van der Waals surface area (Å²) in [6.07, 6.45) is 2.06. The molecule has 218 valence electrons. The first kappa shape index (κ1) is 29.7. The Morgan fingerprint density at radius 3 is 2.41 bits per heavy atom. The van der Waals surface area contributed by atoms with E-state index >= 15 is 0 Å². The quantitative estimate of drug-likeness (QED) is 0.472. The van der Waals surface area contributed by atoms with E-state index < -0.39 is 29.9 Å². The number of Topliss-reactive ketones (excluding diaryl/α,β-unsaturated/α-hetero) is 1. The monoisotopic (exact) mass is 564 g/mol. The summed E-state index contributed by atoms with van der Waals surface area (Å²) in [5.74, 6) is -2.34. The molecule has 1 unspecified atom stereocenters. The highest BCUT2D eigenvalue weighted by atomic mass is 16.6. The molecule has 2 heterocycles. The fourth-order valence-electron chi connectivity index (χ4n) is 5.26. The molecule has 2 N–H and O–H groups in total. The Morgan fingerprint density at radius 1 is 1.05 bits per heavy atom. The van der Waals surface area contributed by atoms with Crippen molar-refractivity contribution in [3.63, 3.8) is 0 Å². The van der Waals surface area contributed by atoms with Crippen molar-refractivity contribution >= 4 is 29.7 Å². The zero-order valence-corrected chi connectivity index (χ0v) is 23.2. The molecule has 1 saturated heterocycles. The third kappa shape index (κ3) is 7.68. The van der Waals surface area contributed by atoms with Crippen LogP contribution in [0.3, 0.4) is 0 Å². The van der Waals surface area contributed by atoms with Gasteiger partial charge in [0.2, 0.25) is 5.91 Å². The number of carboxylic acid groups (broad SMARTS) is 1. The molecule has 1 aliphatic carbocycles. The maximum Gasteiger partial charge on any atom is 0.409 e. The summed E-state index contributed by atoms with van der Waals surface area (Å²) < 4.78 is 5.03. The van der Waals surface area contributed by atoms with Crippen molar-refractivity contribution in [1.82, 2.24) is 20.1 Å². The molecule has 1 aromatic heterocycles. The first-order valence-electron chi connectivity index (χ1n) is 14.1. The van der Waals surface area contributed by atoms with E-state index in [1.165, 1.54) is 9.80 Å². The summed E-state index contributed by atoms with van der Waals surface area (Å²) in [5, 5.41) is 12.0. The topological polar surface area (TPSA) is 146 Å². The molecule has 11 heteroatoms. The number of carbonyl (C=O) groups excluding carboxylic acids is 4. The summed E-state index contributed by atoms with van der Waals surface area (Å²) in [6, 6.07) is 11.7. The SMILES string of the molecule is CCOC(=O)N1CCN(C(=O)[C@H](CCC(=O)O)NC(=O)c2cc(C3CCCCC3=O)cc(-c3ccccc3)n2)CC1. The van der Waals surface area contributed by atoms with Crippen LogP contribution in [0.1, 0.15) is 67.4 Å². The lowest BCUT2D eigenvalue weighted by Gasteiger charge is -2.36. The lowest BCUT2D eigenvalue weighted by Crippen LogP contribution is -2.56. The molecular weight excluding hydrogens is 528 g/mol. The van der Waals surface area contributed by atoms with Crippen LogP contribution < -0.4 is 5.32 Å². The standard InChI is InChI=1S/C30H36N4O7/c1-2-41-30(40)34-16-14-33(15-17-34)29(39)23(12-13-27(36)37)32-28(38)25-19-21(22-10-6-7-11-26(22)35)18-24(31-25)20-8-4-3-5-9-20/h3-5,8-9,18-19,22-23H,2,6-7,10-17H2,1H3,(H,32,38)(H,36,37)/t22?,23-/m0/s1. The van der Waals surface area contributed by atoms with Crippen LogP contribution in [0.5, 0.6) is 0 Å². The molecule has 11 nitrogen and oxygen atoms in total. The predicted molar refractivity (Wildman–Crippen MR) is 149 cm³/mol. The summed E-state index contributed by atoms with van der Waals surface area (Å²) in [5.41, 5.74) is 2.08. The number of carbonyl (C=O) groups is 5. The van der Waals surface area contributed by atoms with Gasteiger partial charge in [0, 0.05) is 50.5 Å². The Hall–Kier alpha value is -4.28. The Morgan fingerprint density at radius 2 is 1.76 bits per heavy atom. The van der Waals surface area contributed by atoms with E-state index in [0.717, 1.165) is 18.4 Å². The normalized spacial score (nSPS) is 18.0. The average Bonchev–Trinajstić information content (AvgIpc) is 2.99. The van der Waals surface area contributed by atoms with Crippen molar-refractivity contribution in [3.8, 4) is 11.3 Å². The molecule has 0 radical (unpaired) electrons. The highest BCUT2D eigenvalue weighted by molar-refractivity contribution is 5.97. The molecule has 41 heavy (non-hydrogen) atoms. The molecule has 2 aromatic rings. The van der Waals surface area contributed by atoms with Crippen molar-refractivity contribution in [2.75, 3.05) is 32.8 Å². The van der Waals surface area contributed by atoms with E-state index in [-0.39, 0.29) is 63.0 Å². The van der Waals surface area contributed by atoms with Crippen molar-refractivity contribution < 1.29 is 33.8 Å². The fraction of sp³-hybridized carbons (Fsp3) is 0.467. The van der Waals surface area contributed by atoms with Crippen molar-refractivity contribution in [2.24, 2.45) is 0 Å². The second kappa shape index (κ2) is 13.9. The van der Waals surface area contributed by atoms with Crippen molar-refractivity contribution in [3.05, 3.63) is 53.7 Å². The van der Waals surface area contributed by atoms with Gasteiger partial charge in [-0.25, -0.2) is 9.78 Å². The van der Waals surface area contributed by atoms with Crippen LogP contribution in [-0.2, 0) is 19.1 Å². The van der Waals surface area contributed by atoms with Gasteiger partial charge in [0.15, 0.2) is 0 Å². The number of hydrogen-bond donors (Lipinski definition) is 2. The lowest BCUT2D eigenvalue weighted by molar-refractivity contribution is -0.138. The van der Waals surface area contributed by atoms with Gasteiger partial charge in [-0.3, -0.25) is 19.2 Å². The minimum absolute atomic E-state index is 0.0555. The molecule has 1 saturated carbocycles. The van der Waals surface area contributed by atoms with Gasteiger partial charge in [-0.15, -0.1) is 0 Å². The molecule has 1 aliphatic heterocycles. The molecule has 2 aliphatic rings. The van der Waals surface area contributed by atoms with Crippen LogP contribution in [0.25, 0.3) is 11.3 Å². The highest BCUT2D eigenvalue weighted by Gasteiger charge is 2.32. The number of aromatic nitrogens is 1. The average molecular weight is 565 g/mol. The Balaban J connectivity index is 1.56. The third-order valence-electron chi connectivity index (χ3n) is 7.47. The number of nitrogens with one attached hydrogen (secondary N) is 1. The van der Waals surface area contributed by atoms with Crippen LogP contribution in [0.2, 0.25) is 0 Å². The van der Waals surface area contributed by atoms with Crippen LogP contribution in [0.15, 0.2) is 42.5 Å². The largest absolute Gasteiger partial charge is 0.481 e. The Bertz CT molecular complexity index is 1270. The Kier molecular flexibility index (Phi) is 10.0. The maximum atomic E-state index is 13.6. The molecule has 2 atom stereocenters. The zero-order valence-electron chi connectivity index (χ0n) is 23.2. The number of rotatable bonds is 9. The molecule has 2 fully saturated rings. The van der Waals surface area contributed by atoms with Gasteiger partial charge in [0.05, 0.1) is 12.3 Å². The number of nitrogens with zero attached hydrogens (tertiary/aromatic N) is 3. The molecule has 4 rings (SSSR count). The summed E-state index contributed by atoms with van der Waals surface area (Å²) in [7, 11) is 0. The Labute approximate surface area is 238 Å². The number of aliphatic carboxylic acids is 1. The number of hydrogen-bond acceptors (Lipinski definition) is 7. The minimum Gasteiger partial charge on any atom is -0.481 e. The second-order valence-corrected chi connectivity index (χ2v) is 10.3.